The van der Waals surface area contributed by atoms with Gasteiger partial charge < -0.3 is 15.8 Å². The number of carbonyl (C=O) groups is 1. The Hall–Kier alpha value is -3.14. The number of anilines is 2. The lowest BCUT2D eigenvalue weighted by molar-refractivity contribution is -0.108. The number of hydrogen-bond donors (Lipinski definition) is 2. The molecule has 0 bridgehead atoms. The average Bonchev–Trinajstić information content (AvgIpc) is 2.81. The highest BCUT2D eigenvalue weighted by Gasteiger charge is 2.21. The molecular formula is C20H17N3O. The quantitative estimate of drug-likeness (QED) is 0.563. The molecule has 4 nitrogen and oxygen atoms in total. The highest BCUT2D eigenvalue weighted by atomic mass is 16.1. The Bertz CT molecular complexity index is 962. The highest BCUT2D eigenvalue weighted by molar-refractivity contribution is 6.20. The first-order valence-electron chi connectivity index (χ1n) is 7.90. The van der Waals surface area contributed by atoms with Crippen LogP contribution in [0.15, 0.2) is 65.7 Å². The lowest BCUT2D eigenvalue weighted by Gasteiger charge is -2.16. The molecule has 0 spiro atoms. The molecule has 1 aliphatic rings. The number of carbonyl (C=O) groups excluding carboxylic acids is 1. The first-order valence-corrected chi connectivity index (χ1v) is 7.90. The van der Waals surface area contributed by atoms with Crippen LogP contribution in [0.25, 0.3) is 10.8 Å². The van der Waals surface area contributed by atoms with Gasteiger partial charge in [-0.05, 0) is 17.5 Å². The Labute approximate surface area is 140 Å². The van der Waals surface area contributed by atoms with Gasteiger partial charge in [-0.3, -0.25) is 4.99 Å². The molecular weight excluding hydrogens is 298 g/mol. The summed E-state index contributed by atoms with van der Waals surface area (Å²) in [4.78, 5) is 16.1. The molecule has 3 aromatic rings. The highest BCUT2D eigenvalue weighted by Crippen LogP contribution is 2.32. The molecule has 1 atom stereocenters. The van der Waals surface area contributed by atoms with E-state index in [4.69, 9.17) is 10.7 Å². The zero-order valence-corrected chi connectivity index (χ0v) is 13.1. The van der Waals surface area contributed by atoms with E-state index in [0.717, 1.165) is 39.6 Å². The van der Waals surface area contributed by atoms with Crippen molar-refractivity contribution in [3.63, 3.8) is 0 Å². The Morgan fingerprint density at radius 2 is 1.96 bits per heavy atom. The minimum Gasteiger partial charge on any atom is -0.399 e. The lowest BCUT2D eigenvalue weighted by Crippen LogP contribution is -2.23. The van der Waals surface area contributed by atoms with Crippen LogP contribution in [0.4, 0.5) is 11.4 Å². The Kier molecular flexibility index (Phi) is 3.50. The van der Waals surface area contributed by atoms with Gasteiger partial charge in [-0.2, -0.15) is 0 Å². The summed E-state index contributed by atoms with van der Waals surface area (Å²) < 4.78 is 0. The standard InChI is InChI=1S/C20H17N3O/c21-15-6-3-5-14(10-15)19-18-9-8-13-4-1-2-7-17(13)20(18)23-16(12-24)11-22-19/h1-10,12,16,23H,11,21H2. The summed E-state index contributed by atoms with van der Waals surface area (Å²) in [5, 5.41) is 5.56. The van der Waals surface area contributed by atoms with E-state index < -0.39 is 0 Å². The van der Waals surface area contributed by atoms with Crippen LogP contribution in [0.5, 0.6) is 0 Å². The van der Waals surface area contributed by atoms with Crippen LogP contribution >= 0.6 is 0 Å². The maximum Gasteiger partial charge on any atom is 0.144 e. The summed E-state index contributed by atoms with van der Waals surface area (Å²) in [5.41, 5.74) is 10.4. The number of aldehydes is 1. The summed E-state index contributed by atoms with van der Waals surface area (Å²) in [7, 11) is 0. The molecule has 0 aliphatic carbocycles. The van der Waals surface area contributed by atoms with Crippen LogP contribution < -0.4 is 11.1 Å². The summed E-state index contributed by atoms with van der Waals surface area (Å²) in [5.74, 6) is 0. The van der Waals surface area contributed by atoms with Crippen LogP contribution in [0.3, 0.4) is 0 Å². The number of rotatable bonds is 2. The third-order valence-corrected chi connectivity index (χ3v) is 4.28. The number of nitrogen functional groups attached to an aromatic ring is 1. The molecule has 4 rings (SSSR count). The van der Waals surface area contributed by atoms with Crippen molar-refractivity contribution in [2.75, 3.05) is 17.6 Å². The van der Waals surface area contributed by atoms with Gasteiger partial charge in [0.05, 0.1) is 17.9 Å². The van der Waals surface area contributed by atoms with E-state index in [1.54, 1.807) is 0 Å². The zero-order valence-electron chi connectivity index (χ0n) is 13.1. The summed E-state index contributed by atoms with van der Waals surface area (Å²) >= 11 is 0. The third kappa shape index (κ3) is 2.42. The average molecular weight is 315 g/mol. The van der Waals surface area contributed by atoms with Crippen molar-refractivity contribution in [2.24, 2.45) is 4.99 Å². The fraction of sp³-hybridized carbons (Fsp3) is 0.100. The predicted molar refractivity (Wildman–Crippen MR) is 98.8 cm³/mol. The molecule has 0 saturated carbocycles. The van der Waals surface area contributed by atoms with E-state index in [1.165, 1.54) is 0 Å². The molecule has 0 fully saturated rings. The molecule has 3 aromatic carbocycles. The third-order valence-electron chi connectivity index (χ3n) is 4.28. The van der Waals surface area contributed by atoms with E-state index >= 15 is 0 Å². The molecule has 118 valence electrons. The monoisotopic (exact) mass is 315 g/mol. The molecule has 0 amide bonds. The Morgan fingerprint density at radius 1 is 1.08 bits per heavy atom. The minimum atomic E-state index is -0.340. The molecule has 1 aliphatic heterocycles. The largest absolute Gasteiger partial charge is 0.399 e. The van der Waals surface area contributed by atoms with Crippen molar-refractivity contribution < 1.29 is 4.79 Å². The van der Waals surface area contributed by atoms with Gasteiger partial charge in [0.15, 0.2) is 0 Å². The van der Waals surface area contributed by atoms with Crippen LogP contribution in [0.2, 0.25) is 0 Å². The minimum absolute atomic E-state index is 0.340. The molecule has 1 unspecified atom stereocenters. The zero-order chi connectivity index (χ0) is 16.5. The number of fused-ring (bicyclic) bond motifs is 3. The first kappa shape index (κ1) is 14.5. The molecule has 0 aromatic heterocycles. The van der Waals surface area contributed by atoms with Crippen LogP contribution in [-0.4, -0.2) is 24.6 Å². The molecule has 4 heteroatoms. The van der Waals surface area contributed by atoms with Crippen LogP contribution in [0, 0.1) is 0 Å². The van der Waals surface area contributed by atoms with E-state index in [0.29, 0.717) is 12.2 Å². The van der Waals surface area contributed by atoms with Gasteiger partial charge in [0.25, 0.3) is 0 Å². The smallest absolute Gasteiger partial charge is 0.144 e. The van der Waals surface area contributed by atoms with Gasteiger partial charge in [-0.25, -0.2) is 0 Å². The number of benzene rings is 3. The van der Waals surface area contributed by atoms with Crippen molar-refractivity contribution in [3.8, 4) is 0 Å². The SMILES string of the molecule is Nc1cccc(C2=NCC(C=O)Nc3c2ccc2ccccc32)c1. The lowest BCUT2D eigenvalue weighted by atomic mass is 9.96. The predicted octanol–water partition coefficient (Wildman–Crippen LogP) is 3.25. The van der Waals surface area contributed by atoms with Gasteiger partial charge in [0.1, 0.15) is 12.3 Å². The maximum absolute atomic E-state index is 11.4. The van der Waals surface area contributed by atoms with Crippen molar-refractivity contribution >= 4 is 34.1 Å². The summed E-state index contributed by atoms with van der Waals surface area (Å²) in [6, 6.07) is 19.6. The van der Waals surface area contributed by atoms with Crippen LogP contribution in [0.1, 0.15) is 11.1 Å². The topological polar surface area (TPSA) is 67.5 Å². The molecule has 0 radical (unpaired) electrons. The van der Waals surface area contributed by atoms with E-state index in [1.807, 2.05) is 36.4 Å². The van der Waals surface area contributed by atoms with Crippen molar-refractivity contribution in [3.05, 3.63) is 71.8 Å². The van der Waals surface area contributed by atoms with Crippen molar-refractivity contribution in [1.29, 1.82) is 0 Å². The molecule has 24 heavy (non-hydrogen) atoms. The van der Waals surface area contributed by atoms with Gasteiger partial charge in [-0.15, -0.1) is 0 Å². The first-order chi connectivity index (χ1) is 11.8. The van der Waals surface area contributed by atoms with Gasteiger partial charge >= 0.3 is 0 Å². The fourth-order valence-corrected chi connectivity index (χ4v) is 3.14. The number of hydrogen-bond acceptors (Lipinski definition) is 4. The van der Waals surface area contributed by atoms with Gasteiger partial charge in [0, 0.05) is 22.2 Å². The number of nitrogens with two attached hydrogens (primary N) is 1. The Morgan fingerprint density at radius 3 is 2.79 bits per heavy atom. The number of nitrogens with one attached hydrogen (secondary N) is 1. The second kappa shape index (κ2) is 5.81. The summed E-state index contributed by atoms with van der Waals surface area (Å²) in [6.45, 7) is 0.399. The molecule has 3 N–H and O–H groups in total. The van der Waals surface area contributed by atoms with Crippen LogP contribution in [-0.2, 0) is 4.79 Å². The van der Waals surface area contributed by atoms with E-state index in [-0.39, 0.29) is 6.04 Å². The molecule has 0 saturated heterocycles. The normalized spacial score (nSPS) is 16.7. The summed E-state index contributed by atoms with van der Waals surface area (Å²) in [6.07, 6.45) is 0.914. The van der Waals surface area contributed by atoms with Gasteiger partial charge in [0.2, 0.25) is 0 Å². The fourth-order valence-electron chi connectivity index (χ4n) is 3.14. The number of nitrogens with zero attached hydrogens (tertiary/aromatic N) is 1. The van der Waals surface area contributed by atoms with E-state index in [2.05, 4.69) is 29.6 Å². The molecule has 1 heterocycles. The maximum atomic E-state index is 11.4. The second-order valence-corrected chi connectivity index (χ2v) is 5.91. The second-order valence-electron chi connectivity index (χ2n) is 5.91. The number of aliphatic imine (C=N–C) groups is 1. The van der Waals surface area contributed by atoms with Gasteiger partial charge in [-0.1, -0.05) is 48.5 Å². The van der Waals surface area contributed by atoms with Crippen molar-refractivity contribution in [1.82, 2.24) is 0 Å². The van der Waals surface area contributed by atoms with E-state index in [9.17, 15) is 4.79 Å². The van der Waals surface area contributed by atoms with Crippen molar-refractivity contribution in [2.45, 2.75) is 6.04 Å². The Balaban J connectivity index is 1.98.